The molecule has 7 heteroatoms. The molecule has 1 heterocycles. The van der Waals surface area contributed by atoms with Crippen LogP contribution in [0.15, 0.2) is 35.6 Å². The van der Waals surface area contributed by atoms with Crippen molar-refractivity contribution in [1.82, 2.24) is 25.4 Å². The Kier molecular flexibility index (Phi) is 6.40. The molecule has 0 unspecified atom stereocenters. The molecule has 0 aliphatic rings. The summed E-state index contributed by atoms with van der Waals surface area (Å²) in [6, 6.07) is 7.98. The third kappa shape index (κ3) is 4.70. The van der Waals surface area contributed by atoms with Crippen LogP contribution in [-0.2, 0) is 19.6 Å². The van der Waals surface area contributed by atoms with Gasteiger partial charge in [0.05, 0.1) is 13.2 Å². The molecular weight excluding hydrogens is 292 g/mol. The number of aryl methyl sites for hydroxylation is 1. The molecule has 2 aromatic rings. The van der Waals surface area contributed by atoms with E-state index in [1.54, 1.807) is 13.4 Å². The second-order valence-corrected chi connectivity index (χ2v) is 4.85. The van der Waals surface area contributed by atoms with Crippen LogP contribution in [0.2, 0.25) is 0 Å². The minimum atomic E-state index is 0.570. The summed E-state index contributed by atoms with van der Waals surface area (Å²) < 4.78 is 7.62. The zero-order chi connectivity index (χ0) is 16.5. The predicted molar refractivity (Wildman–Crippen MR) is 90.3 cm³/mol. The number of nitrogens with one attached hydrogen (secondary N) is 2. The second-order valence-electron chi connectivity index (χ2n) is 4.85. The zero-order valence-electron chi connectivity index (χ0n) is 13.9. The number of aromatic nitrogens is 3. The topological polar surface area (TPSA) is 76.4 Å². The molecule has 0 fully saturated rings. The van der Waals surface area contributed by atoms with E-state index < -0.39 is 0 Å². The van der Waals surface area contributed by atoms with Crippen molar-refractivity contribution in [3.63, 3.8) is 0 Å². The van der Waals surface area contributed by atoms with Gasteiger partial charge in [-0.15, -0.1) is 10.2 Å². The van der Waals surface area contributed by atoms with Crippen LogP contribution in [0.1, 0.15) is 25.2 Å². The standard InChI is InChI=1S/C16H24N6O/c1-4-22-12-20-21-15(22)11-19-16(17-3)18-10-13-8-6-7-9-14(13)23-5-2/h6-9,12H,4-5,10-11H2,1-3H3,(H2,17,18,19). The first kappa shape index (κ1) is 16.8. The van der Waals surface area contributed by atoms with Gasteiger partial charge in [0.25, 0.3) is 0 Å². The molecule has 0 spiro atoms. The Hall–Kier alpha value is -2.57. The first-order valence-electron chi connectivity index (χ1n) is 7.80. The highest BCUT2D eigenvalue weighted by atomic mass is 16.5. The molecule has 0 bridgehead atoms. The third-order valence-corrected chi connectivity index (χ3v) is 3.39. The Morgan fingerprint density at radius 2 is 2.00 bits per heavy atom. The number of hydrogen-bond donors (Lipinski definition) is 2. The first-order chi connectivity index (χ1) is 11.3. The highest BCUT2D eigenvalue weighted by molar-refractivity contribution is 5.79. The van der Waals surface area contributed by atoms with Crippen molar-refractivity contribution in [2.45, 2.75) is 33.5 Å². The van der Waals surface area contributed by atoms with Gasteiger partial charge < -0.3 is 19.9 Å². The van der Waals surface area contributed by atoms with E-state index in [9.17, 15) is 0 Å². The molecule has 2 N–H and O–H groups in total. The van der Waals surface area contributed by atoms with Gasteiger partial charge in [0.15, 0.2) is 11.8 Å². The highest BCUT2D eigenvalue weighted by Crippen LogP contribution is 2.17. The Bertz CT molecular complexity index is 637. The minimum Gasteiger partial charge on any atom is -0.494 e. The maximum absolute atomic E-state index is 5.63. The summed E-state index contributed by atoms with van der Waals surface area (Å²) in [5.74, 6) is 2.48. The highest BCUT2D eigenvalue weighted by Gasteiger charge is 2.06. The maximum atomic E-state index is 5.63. The summed E-state index contributed by atoms with van der Waals surface area (Å²) in [6.45, 7) is 6.74. The SMILES string of the molecule is CCOc1ccccc1CNC(=NC)NCc1nncn1CC. The van der Waals surface area contributed by atoms with Crippen LogP contribution in [0.5, 0.6) is 5.75 Å². The number of rotatable bonds is 7. The van der Waals surface area contributed by atoms with E-state index in [2.05, 4.69) is 32.7 Å². The number of para-hydroxylation sites is 1. The normalized spacial score (nSPS) is 11.3. The van der Waals surface area contributed by atoms with Gasteiger partial charge in [0.1, 0.15) is 12.1 Å². The zero-order valence-corrected chi connectivity index (χ0v) is 13.9. The molecule has 0 aliphatic carbocycles. The Labute approximate surface area is 136 Å². The monoisotopic (exact) mass is 316 g/mol. The van der Waals surface area contributed by atoms with E-state index in [1.807, 2.05) is 35.8 Å². The van der Waals surface area contributed by atoms with Gasteiger partial charge >= 0.3 is 0 Å². The quantitative estimate of drug-likeness (QED) is 0.599. The van der Waals surface area contributed by atoms with Crippen molar-refractivity contribution in [2.75, 3.05) is 13.7 Å². The van der Waals surface area contributed by atoms with Crippen molar-refractivity contribution < 1.29 is 4.74 Å². The molecule has 0 atom stereocenters. The lowest BCUT2D eigenvalue weighted by molar-refractivity contribution is 0.336. The van der Waals surface area contributed by atoms with Crippen LogP contribution >= 0.6 is 0 Å². The summed E-state index contributed by atoms with van der Waals surface area (Å²) in [4.78, 5) is 4.23. The average molecular weight is 316 g/mol. The van der Waals surface area contributed by atoms with Crippen LogP contribution < -0.4 is 15.4 Å². The average Bonchev–Trinajstić information content (AvgIpc) is 3.04. The van der Waals surface area contributed by atoms with E-state index in [1.165, 1.54) is 0 Å². The van der Waals surface area contributed by atoms with E-state index in [-0.39, 0.29) is 0 Å². The fraction of sp³-hybridized carbons (Fsp3) is 0.438. The summed E-state index contributed by atoms with van der Waals surface area (Å²) in [7, 11) is 1.74. The van der Waals surface area contributed by atoms with Gasteiger partial charge in [0, 0.05) is 25.7 Å². The fourth-order valence-electron chi connectivity index (χ4n) is 2.19. The van der Waals surface area contributed by atoms with E-state index in [0.717, 1.165) is 23.7 Å². The van der Waals surface area contributed by atoms with E-state index in [0.29, 0.717) is 25.7 Å². The van der Waals surface area contributed by atoms with Gasteiger partial charge in [0.2, 0.25) is 0 Å². The molecule has 0 saturated carbocycles. The molecule has 1 aromatic carbocycles. The van der Waals surface area contributed by atoms with Gasteiger partial charge in [-0.25, -0.2) is 0 Å². The number of benzene rings is 1. The molecular formula is C16H24N6O. The molecule has 0 amide bonds. The second kappa shape index (κ2) is 8.77. The number of aliphatic imine (C=N–C) groups is 1. The lowest BCUT2D eigenvalue weighted by Gasteiger charge is -2.14. The van der Waals surface area contributed by atoms with Crippen molar-refractivity contribution in [2.24, 2.45) is 4.99 Å². The van der Waals surface area contributed by atoms with E-state index in [4.69, 9.17) is 4.74 Å². The van der Waals surface area contributed by atoms with Crippen molar-refractivity contribution in [3.05, 3.63) is 42.0 Å². The van der Waals surface area contributed by atoms with E-state index >= 15 is 0 Å². The lowest BCUT2D eigenvalue weighted by Crippen LogP contribution is -2.37. The lowest BCUT2D eigenvalue weighted by atomic mass is 10.2. The first-order valence-corrected chi connectivity index (χ1v) is 7.80. The minimum absolute atomic E-state index is 0.570. The largest absolute Gasteiger partial charge is 0.494 e. The van der Waals surface area contributed by atoms with Gasteiger partial charge in [-0.3, -0.25) is 4.99 Å². The fourth-order valence-corrected chi connectivity index (χ4v) is 2.19. The Morgan fingerprint density at radius 3 is 2.74 bits per heavy atom. The molecule has 0 saturated heterocycles. The molecule has 0 radical (unpaired) electrons. The number of nitrogens with zero attached hydrogens (tertiary/aromatic N) is 4. The number of guanidine groups is 1. The van der Waals surface area contributed by atoms with Crippen LogP contribution in [0, 0.1) is 0 Å². The third-order valence-electron chi connectivity index (χ3n) is 3.39. The van der Waals surface area contributed by atoms with Gasteiger partial charge in [-0.05, 0) is 19.9 Å². The predicted octanol–water partition coefficient (Wildman–Crippen LogP) is 1.56. The van der Waals surface area contributed by atoms with Crippen LogP contribution in [0.25, 0.3) is 0 Å². The van der Waals surface area contributed by atoms with Gasteiger partial charge in [-0.2, -0.15) is 0 Å². The number of ether oxygens (including phenoxy) is 1. The summed E-state index contributed by atoms with van der Waals surface area (Å²) in [5.41, 5.74) is 1.09. The summed E-state index contributed by atoms with van der Waals surface area (Å²) in [5, 5.41) is 14.5. The Morgan fingerprint density at radius 1 is 1.22 bits per heavy atom. The van der Waals surface area contributed by atoms with Crippen LogP contribution in [0.3, 0.4) is 0 Å². The van der Waals surface area contributed by atoms with Crippen LogP contribution in [0.4, 0.5) is 0 Å². The summed E-state index contributed by atoms with van der Waals surface area (Å²) >= 11 is 0. The molecule has 23 heavy (non-hydrogen) atoms. The number of hydrogen-bond acceptors (Lipinski definition) is 4. The van der Waals surface area contributed by atoms with Crippen molar-refractivity contribution in [3.8, 4) is 5.75 Å². The summed E-state index contributed by atoms with van der Waals surface area (Å²) in [6.07, 6.45) is 1.73. The van der Waals surface area contributed by atoms with Crippen LogP contribution in [-0.4, -0.2) is 34.4 Å². The molecule has 2 rings (SSSR count). The van der Waals surface area contributed by atoms with Gasteiger partial charge in [-0.1, -0.05) is 18.2 Å². The Balaban J connectivity index is 1.91. The molecule has 124 valence electrons. The molecule has 1 aromatic heterocycles. The maximum Gasteiger partial charge on any atom is 0.191 e. The smallest absolute Gasteiger partial charge is 0.191 e. The molecule has 7 nitrogen and oxygen atoms in total. The molecule has 0 aliphatic heterocycles. The van der Waals surface area contributed by atoms with Crippen molar-refractivity contribution in [1.29, 1.82) is 0 Å². The van der Waals surface area contributed by atoms with Crippen molar-refractivity contribution >= 4 is 5.96 Å².